The van der Waals surface area contributed by atoms with Gasteiger partial charge in [-0.3, -0.25) is 0 Å². The van der Waals surface area contributed by atoms with Gasteiger partial charge in [-0.05, 0) is 74.4 Å². The van der Waals surface area contributed by atoms with E-state index < -0.39 is 0 Å². The van der Waals surface area contributed by atoms with Gasteiger partial charge < -0.3 is 14.5 Å². The minimum Gasteiger partial charge on any atom is -0.489 e. The van der Waals surface area contributed by atoms with Crippen molar-refractivity contribution in [2.24, 2.45) is 5.10 Å². The number of halogens is 1. The summed E-state index contributed by atoms with van der Waals surface area (Å²) < 4.78 is 19.5. The second kappa shape index (κ2) is 11.8. The predicted octanol–water partition coefficient (Wildman–Crippen LogP) is 5.02. The fourth-order valence-corrected chi connectivity index (χ4v) is 4.47. The van der Waals surface area contributed by atoms with Gasteiger partial charge in [-0.25, -0.2) is 9.82 Å². The predicted molar refractivity (Wildman–Crippen MR) is 140 cm³/mol. The lowest BCUT2D eigenvalue weighted by molar-refractivity contribution is 0.300. The van der Waals surface area contributed by atoms with E-state index in [-0.39, 0.29) is 12.4 Å². The number of benzene rings is 2. The summed E-state index contributed by atoms with van der Waals surface area (Å²) in [4.78, 5) is 18.6. The average molecular weight is 490 g/mol. The number of hydrazone groups is 1. The number of aromatic nitrogens is 3. The normalized spacial score (nSPS) is 16.4. The first-order valence-corrected chi connectivity index (χ1v) is 12.8. The molecule has 36 heavy (non-hydrogen) atoms. The van der Waals surface area contributed by atoms with Gasteiger partial charge in [-0.2, -0.15) is 20.1 Å². The van der Waals surface area contributed by atoms with Crippen molar-refractivity contribution in [2.75, 3.05) is 41.4 Å². The van der Waals surface area contributed by atoms with Crippen LogP contribution in [0.15, 0.2) is 53.6 Å². The highest BCUT2D eigenvalue weighted by Gasteiger charge is 2.20. The van der Waals surface area contributed by atoms with Crippen LogP contribution in [-0.2, 0) is 6.61 Å². The smallest absolute Gasteiger partial charge is 0.250 e. The molecule has 2 fully saturated rings. The Morgan fingerprint density at radius 2 is 1.42 bits per heavy atom. The molecule has 8 nitrogen and oxygen atoms in total. The Bertz CT molecular complexity index is 1120. The molecule has 3 heterocycles. The molecule has 2 saturated heterocycles. The largest absolute Gasteiger partial charge is 0.489 e. The molecule has 0 unspecified atom stereocenters. The van der Waals surface area contributed by atoms with Crippen LogP contribution in [0.2, 0.25) is 0 Å². The van der Waals surface area contributed by atoms with Gasteiger partial charge in [0.2, 0.25) is 17.8 Å². The van der Waals surface area contributed by atoms with Crippen LogP contribution in [0, 0.1) is 5.82 Å². The Morgan fingerprint density at radius 1 is 0.806 bits per heavy atom. The van der Waals surface area contributed by atoms with E-state index in [1.807, 2.05) is 24.3 Å². The van der Waals surface area contributed by atoms with Crippen LogP contribution in [0.3, 0.4) is 0 Å². The highest BCUT2D eigenvalue weighted by Crippen LogP contribution is 2.22. The molecule has 0 radical (unpaired) electrons. The monoisotopic (exact) mass is 489 g/mol. The van der Waals surface area contributed by atoms with Gasteiger partial charge in [0.15, 0.2) is 0 Å². The van der Waals surface area contributed by atoms with E-state index in [0.29, 0.717) is 17.3 Å². The Morgan fingerprint density at radius 3 is 2.03 bits per heavy atom. The maximum absolute atomic E-state index is 13.8. The summed E-state index contributed by atoms with van der Waals surface area (Å²) in [6.45, 7) is 4.06. The fourth-order valence-electron chi connectivity index (χ4n) is 4.47. The summed E-state index contributed by atoms with van der Waals surface area (Å²) in [6, 6.07) is 14.1. The molecule has 0 amide bonds. The van der Waals surface area contributed by atoms with Crippen LogP contribution in [-0.4, -0.2) is 47.3 Å². The number of hydrogen-bond donors (Lipinski definition) is 1. The van der Waals surface area contributed by atoms with Gasteiger partial charge in [0, 0.05) is 31.7 Å². The van der Waals surface area contributed by atoms with Gasteiger partial charge in [-0.15, -0.1) is 0 Å². The van der Waals surface area contributed by atoms with Crippen molar-refractivity contribution in [3.63, 3.8) is 0 Å². The number of hydrogen-bond acceptors (Lipinski definition) is 8. The molecule has 2 aromatic carbocycles. The molecule has 188 valence electrons. The van der Waals surface area contributed by atoms with Crippen LogP contribution in [0.4, 0.5) is 22.2 Å². The summed E-state index contributed by atoms with van der Waals surface area (Å²) in [7, 11) is 0. The second-order valence-corrected chi connectivity index (χ2v) is 9.17. The molecule has 9 heteroatoms. The summed E-state index contributed by atoms with van der Waals surface area (Å²) in [5.74, 6) is 2.29. The highest BCUT2D eigenvalue weighted by molar-refractivity contribution is 5.80. The number of nitrogens with zero attached hydrogens (tertiary/aromatic N) is 6. The maximum Gasteiger partial charge on any atom is 0.250 e. The van der Waals surface area contributed by atoms with Gasteiger partial charge in [0.25, 0.3) is 0 Å². The average Bonchev–Trinajstić information content (AvgIpc) is 2.94. The van der Waals surface area contributed by atoms with Gasteiger partial charge in [-0.1, -0.05) is 18.2 Å². The number of nitrogens with one attached hydrogen (secondary N) is 1. The number of anilines is 3. The minimum absolute atomic E-state index is 0.180. The van der Waals surface area contributed by atoms with Crippen LogP contribution in [0.25, 0.3) is 0 Å². The quantitative estimate of drug-likeness (QED) is 0.352. The van der Waals surface area contributed by atoms with Crippen LogP contribution in [0.5, 0.6) is 5.75 Å². The van der Waals surface area contributed by atoms with Crippen molar-refractivity contribution in [3.05, 3.63) is 65.5 Å². The lowest BCUT2D eigenvalue weighted by Crippen LogP contribution is -2.34. The Hall–Kier alpha value is -3.75. The lowest BCUT2D eigenvalue weighted by atomic mass is 10.1. The zero-order valence-electron chi connectivity index (χ0n) is 20.4. The van der Waals surface area contributed by atoms with E-state index in [4.69, 9.17) is 9.72 Å². The fraction of sp³-hybridized carbons (Fsp3) is 0.407. The molecule has 0 bridgehead atoms. The first kappa shape index (κ1) is 24.0. The van der Waals surface area contributed by atoms with E-state index in [2.05, 4.69) is 30.3 Å². The molecule has 5 rings (SSSR count). The van der Waals surface area contributed by atoms with Crippen molar-refractivity contribution >= 4 is 24.1 Å². The standard InChI is InChI=1S/C27H32FN7O/c28-24-10-4-3-9-22(24)20-36-23-13-11-21(12-14-23)19-29-33-25-30-26(34-15-5-1-6-16-34)32-27(31-25)35-17-7-2-8-18-35/h3-4,9-14,19H,1-2,5-8,15-18,20H2,(H,30,31,32,33)/b29-19+. The Labute approximate surface area is 211 Å². The van der Waals surface area contributed by atoms with Crippen molar-refractivity contribution < 1.29 is 9.13 Å². The van der Waals surface area contributed by atoms with E-state index >= 15 is 0 Å². The summed E-state index contributed by atoms with van der Waals surface area (Å²) in [5.41, 5.74) is 4.42. The zero-order valence-corrected chi connectivity index (χ0v) is 20.4. The molecule has 0 atom stereocenters. The van der Waals surface area contributed by atoms with E-state index in [0.717, 1.165) is 69.3 Å². The molecule has 2 aliphatic rings. The van der Waals surface area contributed by atoms with E-state index in [9.17, 15) is 4.39 Å². The highest BCUT2D eigenvalue weighted by atomic mass is 19.1. The van der Waals surface area contributed by atoms with Gasteiger partial charge >= 0.3 is 0 Å². The van der Waals surface area contributed by atoms with Gasteiger partial charge in [0.1, 0.15) is 18.2 Å². The molecule has 0 saturated carbocycles. The first-order chi connectivity index (χ1) is 17.7. The third kappa shape index (κ3) is 6.27. The second-order valence-electron chi connectivity index (χ2n) is 9.17. The first-order valence-electron chi connectivity index (χ1n) is 12.8. The Balaban J connectivity index is 1.24. The third-order valence-corrected chi connectivity index (χ3v) is 6.50. The third-order valence-electron chi connectivity index (χ3n) is 6.50. The molecule has 1 aromatic heterocycles. The molecule has 2 aliphatic heterocycles. The van der Waals surface area contributed by atoms with E-state index in [1.165, 1.54) is 18.9 Å². The van der Waals surface area contributed by atoms with Crippen LogP contribution in [0.1, 0.15) is 49.7 Å². The van der Waals surface area contributed by atoms with Gasteiger partial charge in [0.05, 0.1) is 6.21 Å². The minimum atomic E-state index is -0.266. The maximum atomic E-state index is 13.8. The summed E-state index contributed by atoms with van der Waals surface area (Å²) in [5, 5.41) is 4.36. The van der Waals surface area contributed by atoms with Crippen LogP contribution >= 0.6 is 0 Å². The number of ether oxygens (including phenoxy) is 1. The van der Waals surface area contributed by atoms with Crippen LogP contribution < -0.4 is 20.0 Å². The van der Waals surface area contributed by atoms with E-state index in [1.54, 1.807) is 24.4 Å². The van der Waals surface area contributed by atoms with Crippen molar-refractivity contribution in [2.45, 2.75) is 45.1 Å². The SMILES string of the molecule is Fc1ccccc1COc1ccc(/C=N/Nc2nc(N3CCCCC3)nc(N3CCCCC3)n2)cc1. The molecule has 0 spiro atoms. The molecule has 1 N–H and O–H groups in total. The zero-order chi connectivity index (χ0) is 24.6. The summed E-state index contributed by atoms with van der Waals surface area (Å²) in [6.07, 6.45) is 8.85. The molecule has 3 aromatic rings. The number of piperidine rings is 2. The topological polar surface area (TPSA) is 78.8 Å². The summed E-state index contributed by atoms with van der Waals surface area (Å²) >= 11 is 0. The van der Waals surface area contributed by atoms with Crippen molar-refractivity contribution in [3.8, 4) is 5.75 Å². The molecule has 0 aliphatic carbocycles. The number of rotatable bonds is 8. The molecular weight excluding hydrogens is 457 g/mol. The lowest BCUT2D eigenvalue weighted by Gasteiger charge is -2.30. The van der Waals surface area contributed by atoms with Crippen molar-refractivity contribution in [1.29, 1.82) is 0 Å². The Kier molecular flexibility index (Phi) is 7.85. The van der Waals surface area contributed by atoms with Crippen molar-refractivity contribution in [1.82, 2.24) is 15.0 Å². The molecular formula is C27H32FN7O.